The maximum Gasteiger partial charge on any atom is 0.0206 e. The number of nitrogens with one attached hydrogen (secondary N) is 2. The Hall–Kier alpha value is -0.570. The van der Waals surface area contributed by atoms with Crippen LogP contribution in [-0.2, 0) is 6.54 Å². The monoisotopic (exact) mass is 240 g/mol. The highest BCUT2D eigenvalue weighted by atomic mass is 35.5. The second-order valence-corrected chi connectivity index (χ2v) is 4.41. The van der Waals surface area contributed by atoms with Gasteiger partial charge in [0.1, 0.15) is 0 Å². The minimum atomic E-state index is 0. The first kappa shape index (κ1) is 13.5. The average molecular weight is 241 g/mol. The fraction of sp³-hybridized carbons (Fsp3) is 0.538. The van der Waals surface area contributed by atoms with Crippen molar-refractivity contribution in [1.29, 1.82) is 0 Å². The molecule has 2 nitrogen and oxygen atoms in total. The lowest BCUT2D eigenvalue weighted by Gasteiger charge is -2.11. The van der Waals surface area contributed by atoms with Crippen LogP contribution in [0.4, 0.5) is 0 Å². The van der Waals surface area contributed by atoms with Gasteiger partial charge in [-0.1, -0.05) is 29.8 Å². The summed E-state index contributed by atoms with van der Waals surface area (Å²) in [5.41, 5.74) is 2.70. The van der Waals surface area contributed by atoms with E-state index in [-0.39, 0.29) is 12.4 Å². The fourth-order valence-electron chi connectivity index (χ4n) is 2.03. The Morgan fingerprint density at radius 2 is 2.06 bits per heavy atom. The van der Waals surface area contributed by atoms with Crippen LogP contribution in [0.5, 0.6) is 0 Å². The third-order valence-electron chi connectivity index (χ3n) is 3.00. The molecule has 3 heteroatoms. The summed E-state index contributed by atoms with van der Waals surface area (Å²) in [7, 11) is 0. The molecule has 0 bridgehead atoms. The van der Waals surface area contributed by atoms with Gasteiger partial charge in [0.2, 0.25) is 0 Å². The first-order valence-corrected chi connectivity index (χ1v) is 5.84. The van der Waals surface area contributed by atoms with Crippen LogP contribution in [-0.4, -0.2) is 19.1 Å². The molecule has 0 saturated carbocycles. The molecule has 90 valence electrons. The van der Waals surface area contributed by atoms with E-state index in [0.717, 1.165) is 13.1 Å². The van der Waals surface area contributed by atoms with E-state index in [2.05, 4.69) is 41.8 Å². The predicted octanol–water partition coefficient (Wildman–Crippen LogP) is 2.26. The highest BCUT2D eigenvalue weighted by molar-refractivity contribution is 5.85. The van der Waals surface area contributed by atoms with Crippen LogP contribution < -0.4 is 10.6 Å². The molecule has 1 aromatic rings. The largest absolute Gasteiger partial charge is 0.313 e. The summed E-state index contributed by atoms with van der Waals surface area (Å²) >= 11 is 0. The lowest BCUT2D eigenvalue weighted by molar-refractivity contribution is 0.536. The van der Waals surface area contributed by atoms with E-state index in [9.17, 15) is 0 Å². The van der Waals surface area contributed by atoms with Gasteiger partial charge in [-0.3, -0.25) is 0 Å². The van der Waals surface area contributed by atoms with Crippen LogP contribution in [0.25, 0.3) is 0 Å². The topological polar surface area (TPSA) is 24.1 Å². The summed E-state index contributed by atoms with van der Waals surface area (Å²) < 4.78 is 0. The number of halogens is 1. The Bertz CT molecular complexity index is 291. The van der Waals surface area contributed by atoms with E-state index in [0.29, 0.717) is 6.04 Å². The first-order chi connectivity index (χ1) is 7.34. The van der Waals surface area contributed by atoms with Crippen molar-refractivity contribution in [3.63, 3.8) is 0 Å². The summed E-state index contributed by atoms with van der Waals surface area (Å²) in [6.45, 7) is 5.39. The van der Waals surface area contributed by atoms with Crippen LogP contribution in [0.1, 0.15) is 24.0 Å². The van der Waals surface area contributed by atoms with Crippen molar-refractivity contribution in [2.24, 2.45) is 0 Å². The average Bonchev–Trinajstić information content (AvgIpc) is 2.74. The third kappa shape index (κ3) is 4.12. The lowest BCUT2D eigenvalue weighted by atomic mass is 10.1. The minimum absolute atomic E-state index is 0. The number of benzene rings is 1. The Balaban J connectivity index is 0.00000128. The number of hydrogen-bond donors (Lipinski definition) is 2. The molecule has 1 unspecified atom stereocenters. The Labute approximate surface area is 104 Å². The highest BCUT2D eigenvalue weighted by Gasteiger charge is 2.12. The first-order valence-electron chi connectivity index (χ1n) is 5.84. The maximum absolute atomic E-state index is 3.50. The molecule has 1 aliphatic rings. The molecular formula is C13H21ClN2. The summed E-state index contributed by atoms with van der Waals surface area (Å²) in [6.07, 6.45) is 2.65. The van der Waals surface area contributed by atoms with Crippen LogP contribution in [0, 0.1) is 6.92 Å². The second kappa shape index (κ2) is 6.89. The van der Waals surface area contributed by atoms with Gasteiger partial charge < -0.3 is 10.6 Å². The quantitative estimate of drug-likeness (QED) is 0.844. The second-order valence-electron chi connectivity index (χ2n) is 4.41. The molecule has 16 heavy (non-hydrogen) atoms. The molecule has 1 saturated heterocycles. The number of rotatable bonds is 4. The predicted molar refractivity (Wildman–Crippen MR) is 71.2 cm³/mol. The fourth-order valence-corrected chi connectivity index (χ4v) is 2.03. The normalized spacial score (nSPS) is 19.4. The van der Waals surface area contributed by atoms with E-state index >= 15 is 0 Å². The number of aryl methyl sites for hydroxylation is 1. The standard InChI is InChI=1S/C13H20N2.ClH/c1-11-4-6-12(7-5-11)9-14-10-13-3-2-8-15-13;/h4-7,13-15H,2-3,8-10H2,1H3;1H. The molecule has 0 radical (unpaired) electrons. The van der Waals surface area contributed by atoms with Crippen molar-refractivity contribution in [2.75, 3.05) is 13.1 Å². The van der Waals surface area contributed by atoms with Crippen molar-refractivity contribution in [1.82, 2.24) is 10.6 Å². The zero-order valence-corrected chi connectivity index (χ0v) is 10.6. The minimum Gasteiger partial charge on any atom is -0.313 e. The van der Waals surface area contributed by atoms with Gasteiger partial charge in [-0.2, -0.15) is 0 Å². The van der Waals surface area contributed by atoms with E-state index in [1.54, 1.807) is 0 Å². The molecule has 2 N–H and O–H groups in total. The summed E-state index contributed by atoms with van der Waals surface area (Å²) in [4.78, 5) is 0. The molecule has 1 aliphatic heterocycles. The molecule has 1 heterocycles. The van der Waals surface area contributed by atoms with Crippen LogP contribution in [0.2, 0.25) is 0 Å². The zero-order valence-electron chi connectivity index (χ0n) is 9.83. The van der Waals surface area contributed by atoms with Crippen molar-refractivity contribution < 1.29 is 0 Å². The Morgan fingerprint density at radius 1 is 1.31 bits per heavy atom. The molecule has 0 amide bonds. The molecule has 1 aromatic carbocycles. The smallest absolute Gasteiger partial charge is 0.0206 e. The molecular weight excluding hydrogens is 220 g/mol. The van der Waals surface area contributed by atoms with Crippen LogP contribution in [0.15, 0.2) is 24.3 Å². The van der Waals surface area contributed by atoms with Gasteiger partial charge in [-0.25, -0.2) is 0 Å². The van der Waals surface area contributed by atoms with E-state index in [1.165, 1.54) is 30.5 Å². The summed E-state index contributed by atoms with van der Waals surface area (Å²) in [6, 6.07) is 9.43. The maximum atomic E-state index is 3.50. The molecule has 2 rings (SSSR count). The van der Waals surface area contributed by atoms with Gasteiger partial charge in [0.15, 0.2) is 0 Å². The van der Waals surface area contributed by atoms with Crippen molar-refractivity contribution in [3.05, 3.63) is 35.4 Å². The number of hydrogen-bond acceptors (Lipinski definition) is 2. The van der Waals surface area contributed by atoms with Gasteiger partial charge in [-0.05, 0) is 31.9 Å². The van der Waals surface area contributed by atoms with Gasteiger partial charge in [0.25, 0.3) is 0 Å². The van der Waals surface area contributed by atoms with Gasteiger partial charge >= 0.3 is 0 Å². The summed E-state index contributed by atoms with van der Waals surface area (Å²) in [5.74, 6) is 0. The third-order valence-corrected chi connectivity index (χ3v) is 3.00. The lowest BCUT2D eigenvalue weighted by Crippen LogP contribution is -2.33. The molecule has 0 aliphatic carbocycles. The molecule has 1 atom stereocenters. The Morgan fingerprint density at radius 3 is 2.69 bits per heavy atom. The molecule has 1 fully saturated rings. The SMILES string of the molecule is Cc1ccc(CNCC2CCCN2)cc1.Cl. The molecule has 0 aromatic heterocycles. The zero-order chi connectivity index (χ0) is 10.5. The van der Waals surface area contributed by atoms with Crippen LogP contribution in [0.3, 0.4) is 0 Å². The Kier molecular flexibility index (Phi) is 5.81. The van der Waals surface area contributed by atoms with Gasteiger partial charge in [0, 0.05) is 19.1 Å². The van der Waals surface area contributed by atoms with Gasteiger partial charge in [0.05, 0.1) is 0 Å². The van der Waals surface area contributed by atoms with E-state index < -0.39 is 0 Å². The highest BCUT2D eigenvalue weighted by Crippen LogP contribution is 2.05. The summed E-state index contributed by atoms with van der Waals surface area (Å²) in [5, 5.41) is 6.99. The van der Waals surface area contributed by atoms with Gasteiger partial charge in [-0.15, -0.1) is 12.4 Å². The van der Waals surface area contributed by atoms with Crippen molar-refractivity contribution in [2.45, 2.75) is 32.4 Å². The van der Waals surface area contributed by atoms with Crippen LogP contribution >= 0.6 is 12.4 Å². The van der Waals surface area contributed by atoms with E-state index in [1.807, 2.05) is 0 Å². The van der Waals surface area contributed by atoms with E-state index in [4.69, 9.17) is 0 Å². The van der Waals surface area contributed by atoms with Crippen molar-refractivity contribution in [3.8, 4) is 0 Å². The molecule has 0 spiro atoms. The van der Waals surface area contributed by atoms with Crippen molar-refractivity contribution >= 4 is 12.4 Å².